The molecule has 17 heavy (non-hydrogen) atoms. The minimum atomic E-state index is 0.0601. The lowest BCUT2D eigenvalue weighted by Crippen LogP contribution is -2.43. The van der Waals surface area contributed by atoms with Gasteiger partial charge in [0.1, 0.15) is 5.01 Å². The molecule has 96 valence electrons. The van der Waals surface area contributed by atoms with Gasteiger partial charge >= 0.3 is 0 Å². The van der Waals surface area contributed by atoms with Crippen molar-refractivity contribution in [3.8, 4) is 0 Å². The quantitative estimate of drug-likeness (QED) is 0.900. The Balaban J connectivity index is 2.03. The van der Waals surface area contributed by atoms with Crippen LogP contribution in [0.15, 0.2) is 5.38 Å². The fraction of sp³-hybridized carbons (Fsp3) is 0.769. The third kappa shape index (κ3) is 3.06. The molecule has 0 bridgehead atoms. The maximum absolute atomic E-state index is 5.85. The lowest BCUT2D eigenvalue weighted by molar-refractivity contribution is 0.0940. The number of nitrogens with two attached hydrogens (primary N) is 1. The summed E-state index contributed by atoms with van der Waals surface area (Å²) in [4.78, 5) is 7.20. The maximum Gasteiger partial charge on any atom is 0.109 e. The lowest BCUT2D eigenvalue weighted by Gasteiger charge is -2.38. The Morgan fingerprint density at radius 2 is 2.12 bits per heavy atom. The van der Waals surface area contributed by atoms with Crippen LogP contribution in [0.4, 0.5) is 0 Å². The van der Waals surface area contributed by atoms with Crippen molar-refractivity contribution < 1.29 is 0 Å². The highest BCUT2D eigenvalue weighted by Crippen LogP contribution is 2.25. The van der Waals surface area contributed by atoms with E-state index in [1.165, 1.54) is 25.0 Å². The summed E-state index contributed by atoms with van der Waals surface area (Å²) in [6.07, 6.45) is 3.99. The van der Waals surface area contributed by atoms with Gasteiger partial charge in [-0.3, -0.25) is 4.90 Å². The van der Waals surface area contributed by atoms with E-state index in [0.29, 0.717) is 12.1 Å². The first kappa shape index (κ1) is 13.0. The average molecular weight is 253 g/mol. The third-order valence-corrected chi connectivity index (χ3v) is 4.77. The van der Waals surface area contributed by atoms with Crippen molar-refractivity contribution in [1.29, 1.82) is 0 Å². The van der Waals surface area contributed by atoms with Crippen molar-refractivity contribution in [3.05, 3.63) is 16.1 Å². The molecule has 1 unspecified atom stereocenters. The molecule has 1 aliphatic heterocycles. The van der Waals surface area contributed by atoms with Gasteiger partial charge in [0, 0.05) is 24.0 Å². The highest BCUT2D eigenvalue weighted by Gasteiger charge is 2.25. The second kappa shape index (κ2) is 5.46. The van der Waals surface area contributed by atoms with Crippen LogP contribution >= 0.6 is 11.3 Å². The zero-order valence-corrected chi connectivity index (χ0v) is 11.8. The van der Waals surface area contributed by atoms with Crippen molar-refractivity contribution in [2.75, 3.05) is 0 Å². The van der Waals surface area contributed by atoms with E-state index in [1.54, 1.807) is 11.3 Å². The third-order valence-electron chi connectivity index (χ3n) is 3.68. The molecule has 0 aromatic carbocycles. The topological polar surface area (TPSA) is 42.1 Å². The van der Waals surface area contributed by atoms with Crippen LogP contribution in [0.25, 0.3) is 0 Å². The molecular weight excluding hydrogens is 230 g/mol. The van der Waals surface area contributed by atoms with Gasteiger partial charge in [-0.05, 0) is 33.6 Å². The molecule has 1 aromatic rings. The van der Waals surface area contributed by atoms with Crippen LogP contribution < -0.4 is 5.73 Å². The number of nitrogens with zero attached hydrogens (tertiary/aromatic N) is 2. The van der Waals surface area contributed by atoms with Crippen molar-refractivity contribution in [2.45, 2.75) is 64.7 Å². The lowest BCUT2D eigenvalue weighted by atomic mass is 9.97. The summed E-state index contributed by atoms with van der Waals surface area (Å²) < 4.78 is 0. The Morgan fingerprint density at radius 1 is 1.47 bits per heavy atom. The molecule has 2 rings (SSSR count). The maximum atomic E-state index is 5.85. The predicted octanol–water partition coefficient (Wildman–Crippen LogP) is 2.93. The summed E-state index contributed by atoms with van der Waals surface area (Å²) in [5.41, 5.74) is 7.03. The Morgan fingerprint density at radius 3 is 2.65 bits per heavy atom. The second-order valence-electron chi connectivity index (χ2n) is 5.27. The summed E-state index contributed by atoms with van der Waals surface area (Å²) in [5.74, 6) is 0. The molecule has 3 nitrogen and oxygen atoms in total. The Kier molecular flexibility index (Phi) is 4.17. The number of hydrogen-bond donors (Lipinski definition) is 1. The van der Waals surface area contributed by atoms with Gasteiger partial charge in [-0.1, -0.05) is 6.42 Å². The molecule has 4 heteroatoms. The Labute approximate surface area is 108 Å². The Hall–Kier alpha value is -0.450. The van der Waals surface area contributed by atoms with E-state index in [2.05, 4.69) is 29.1 Å². The number of thiazole rings is 1. The molecule has 1 saturated heterocycles. The van der Waals surface area contributed by atoms with Crippen LogP contribution in [0.2, 0.25) is 0 Å². The molecular formula is C13H23N3S. The molecule has 0 amide bonds. The van der Waals surface area contributed by atoms with Crippen LogP contribution in [0.5, 0.6) is 0 Å². The van der Waals surface area contributed by atoms with Gasteiger partial charge in [0.2, 0.25) is 0 Å². The van der Waals surface area contributed by atoms with Crippen LogP contribution in [0.3, 0.4) is 0 Å². The van der Waals surface area contributed by atoms with Gasteiger partial charge in [-0.2, -0.15) is 0 Å². The van der Waals surface area contributed by atoms with Crippen molar-refractivity contribution in [3.63, 3.8) is 0 Å². The summed E-state index contributed by atoms with van der Waals surface area (Å²) >= 11 is 1.69. The van der Waals surface area contributed by atoms with Gasteiger partial charge in [-0.15, -0.1) is 11.3 Å². The number of piperidine rings is 1. The fourth-order valence-corrected chi connectivity index (χ4v) is 3.35. The molecule has 0 aliphatic carbocycles. The molecule has 2 N–H and O–H groups in total. The van der Waals surface area contributed by atoms with Gasteiger partial charge in [0.25, 0.3) is 0 Å². The zero-order chi connectivity index (χ0) is 12.4. The number of hydrogen-bond acceptors (Lipinski definition) is 4. The van der Waals surface area contributed by atoms with Gasteiger partial charge in [0.05, 0.1) is 11.7 Å². The van der Waals surface area contributed by atoms with Crippen LogP contribution in [-0.4, -0.2) is 22.0 Å². The van der Waals surface area contributed by atoms with Crippen molar-refractivity contribution in [1.82, 2.24) is 9.88 Å². The summed E-state index contributed by atoms with van der Waals surface area (Å²) in [6, 6.07) is 1.42. The first-order valence-electron chi connectivity index (χ1n) is 6.53. The standard InChI is InChI=1S/C13H23N3S/c1-9-5-4-6-10(2)16(9)7-12-8-17-13(15-12)11(3)14/h8-11H,4-7,14H2,1-3H3/t9-,10+,11?. The van der Waals surface area contributed by atoms with Gasteiger partial charge in [0.15, 0.2) is 0 Å². The Bertz CT molecular complexity index is 351. The zero-order valence-electron chi connectivity index (χ0n) is 11.0. The molecule has 1 aliphatic rings. The smallest absolute Gasteiger partial charge is 0.109 e. The van der Waals surface area contributed by atoms with Gasteiger partial charge in [-0.25, -0.2) is 4.98 Å². The number of likely N-dealkylation sites (tertiary alicyclic amines) is 1. The predicted molar refractivity (Wildman–Crippen MR) is 73.0 cm³/mol. The van der Waals surface area contributed by atoms with E-state index in [1.807, 2.05) is 6.92 Å². The first-order chi connectivity index (χ1) is 8.08. The van der Waals surface area contributed by atoms with Crippen LogP contribution in [0.1, 0.15) is 56.8 Å². The molecule has 0 radical (unpaired) electrons. The van der Waals surface area contributed by atoms with E-state index < -0.39 is 0 Å². The van der Waals surface area contributed by atoms with Crippen LogP contribution in [0, 0.1) is 0 Å². The normalized spacial score (nSPS) is 28.2. The molecule has 3 atom stereocenters. The monoisotopic (exact) mass is 253 g/mol. The minimum absolute atomic E-state index is 0.0601. The molecule has 2 heterocycles. The van der Waals surface area contributed by atoms with Crippen molar-refractivity contribution >= 4 is 11.3 Å². The number of aromatic nitrogens is 1. The van der Waals surface area contributed by atoms with Gasteiger partial charge < -0.3 is 5.73 Å². The molecule has 1 fully saturated rings. The van der Waals surface area contributed by atoms with Crippen LogP contribution in [-0.2, 0) is 6.54 Å². The van der Waals surface area contributed by atoms with E-state index in [0.717, 1.165) is 11.6 Å². The summed E-state index contributed by atoms with van der Waals surface area (Å²) in [7, 11) is 0. The highest BCUT2D eigenvalue weighted by molar-refractivity contribution is 7.09. The molecule has 1 aromatic heterocycles. The SMILES string of the molecule is CC(N)c1nc(CN2[C@H](C)CCC[C@@H]2C)cs1. The minimum Gasteiger partial charge on any atom is -0.322 e. The molecule has 0 spiro atoms. The molecule has 0 saturated carbocycles. The van der Waals surface area contributed by atoms with E-state index in [-0.39, 0.29) is 6.04 Å². The summed E-state index contributed by atoms with van der Waals surface area (Å²) in [5, 5.41) is 3.21. The highest BCUT2D eigenvalue weighted by atomic mass is 32.1. The first-order valence-corrected chi connectivity index (χ1v) is 7.41. The second-order valence-corrected chi connectivity index (χ2v) is 6.16. The van der Waals surface area contributed by atoms with E-state index in [9.17, 15) is 0 Å². The van der Waals surface area contributed by atoms with Crippen molar-refractivity contribution in [2.24, 2.45) is 5.73 Å². The average Bonchev–Trinajstić information content (AvgIpc) is 2.72. The van der Waals surface area contributed by atoms with E-state index in [4.69, 9.17) is 5.73 Å². The number of rotatable bonds is 3. The largest absolute Gasteiger partial charge is 0.322 e. The van der Waals surface area contributed by atoms with E-state index >= 15 is 0 Å². The summed E-state index contributed by atoms with van der Waals surface area (Å²) in [6.45, 7) is 7.63. The fourth-order valence-electron chi connectivity index (χ4n) is 2.58.